The standard InChI is InChI=1S/C16H32N4/c1-6-7-13-8-14(13)18-16(17-5)19-15-10-20(11(2)3)9-12(15)4/h11-15H,6-10H2,1-5H3,(H2,17,18,19). The lowest BCUT2D eigenvalue weighted by atomic mass is 10.1. The first-order chi connectivity index (χ1) is 9.55. The summed E-state index contributed by atoms with van der Waals surface area (Å²) in [7, 11) is 1.88. The van der Waals surface area contributed by atoms with Crippen molar-refractivity contribution >= 4 is 5.96 Å². The molecular formula is C16H32N4. The zero-order chi connectivity index (χ0) is 14.7. The minimum Gasteiger partial charge on any atom is -0.353 e. The van der Waals surface area contributed by atoms with Crippen LogP contribution in [-0.2, 0) is 0 Å². The van der Waals surface area contributed by atoms with E-state index in [-0.39, 0.29) is 0 Å². The van der Waals surface area contributed by atoms with Gasteiger partial charge in [-0.3, -0.25) is 9.89 Å². The van der Waals surface area contributed by atoms with Gasteiger partial charge in [-0.15, -0.1) is 0 Å². The van der Waals surface area contributed by atoms with E-state index in [2.05, 4.69) is 48.2 Å². The number of guanidine groups is 1. The Bertz CT molecular complexity index is 339. The predicted molar refractivity (Wildman–Crippen MR) is 86.1 cm³/mol. The van der Waals surface area contributed by atoms with Crippen molar-refractivity contribution in [3.05, 3.63) is 0 Å². The van der Waals surface area contributed by atoms with Gasteiger partial charge in [0.2, 0.25) is 0 Å². The second kappa shape index (κ2) is 6.79. The molecule has 4 heteroatoms. The van der Waals surface area contributed by atoms with Crippen LogP contribution < -0.4 is 10.6 Å². The van der Waals surface area contributed by atoms with Crippen LogP contribution in [0.3, 0.4) is 0 Å². The molecule has 4 unspecified atom stereocenters. The van der Waals surface area contributed by atoms with Gasteiger partial charge in [0.1, 0.15) is 0 Å². The zero-order valence-corrected chi connectivity index (χ0v) is 13.8. The monoisotopic (exact) mass is 280 g/mol. The fourth-order valence-corrected chi connectivity index (χ4v) is 3.25. The SMILES string of the molecule is CCCC1CC1NC(=NC)NC1CN(C(C)C)CC1C. The van der Waals surface area contributed by atoms with Gasteiger partial charge in [0, 0.05) is 38.3 Å². The van der Waals surface area contributed by atoms with Crippen LogP contribution in [-0.4, -0.2) is 49.1 Å². The Morgan fingerprint density at radius 2 is 1.95 bits per heavy atom. The van der Waals surface area contributed by atoms with Gasteiger partial charge >= 0.3 is 0 Å². The first-order valence-electron chi connectivity index (χ1n) is 8.29. The van der Waals surface area contributed by atoms with Crippen LogP contribution in [0, 0.1) is 11.8 Å². The van der Waals surface area contributed by atoms with Crippen molar-refractivity contribution in [2.45, 2.75) is 65.1 Å². The largest absolute Gasteiger partial charge is 0.353 e. The molecule has 116 valence electrons. The molecule has 0 aromatic carbocycles. The second-order valence-electron chi connectivity index (χ2n) is 6.88. The van der Waals surface area contributed by atoms with E-state index in [9.17, 15) is 0 Å². The lowest BCUT2D eigenvalue weighted by Gasteiger charge is -2.22. The van der Waals surface area contributed by atoms with E-state index >= 15 is 0 Å². The molecule has 4 atom stereocenters. The molecule has 0 aromatic heterocycles. The van der Waals surface area contributed by atoms with Gasteiger partial charge in [0.25, 0.3) is 0 Å². The first kappa shape index (κ1) is 15.6. The summed E-state index contributed by atoms with van der Waals surface area (Å²) >= 11 is 0. The predicted octanol–water partition coefficient (Wildman–Crippen LogP) is 2.07. The number of aliphatic imine (C=N–C) groups is 1. The van der Waals surface area contributed by atoms with Crippen molar-refractivity contribution in [1.82, 2.24) is 15.5 Å². The summed E-state index contributed by atoms with van der Waals surface area (Å²) < 4.78 is 0. The molecule has 1 heterocycles. The van der Waals surface area contributed by atoms with Gasteiger partial charge in [-0.1, -0.05) is 20.3 Å². The summed E-state index contributed by atoms with van der Waals surface area (Å²) in [6.45, 7) is 11.5. The average Bonchev–Trinajstić information content (AvgIpc) is 3.02. The highest BCUT2D eigenvalue weighted by Crippen LogP contribution is 2.34. The van der Waals surface area contributed by atoms with Crippen LogP contribution in [0.25, 0.3) is 0 Å². The number of nitrogens with zero attached hydrogens (tertiary/aromatic N) is 2. The van der Waals surface area contributed by atoms with Crippen LogP contribution in [0.4, 0.5) is 0 Å². The van der Waals surface area contributed by atoms with Crippen molar-refractivity contribution in [1.29, 1.82) is 0 Å². The molecular weight excluding hydrogens is 248 g/mol. The Balaban J connectivity index is 1.79. The maximum atomic E-state index is 4.41. The van der Waals surface area contributed by atoms with Crippen molar-refractivity contribution in [3.8, 4) is 0 Å². The number of hydrogen-bond donors (Lipinski definition) is 2. The van der Waals surface area contributed by atoms with Gasteiger partial charge in [-0.25, -0.2) is 0 Å². The molecule has 20 heavy (non-hydrogen) atoms. The molecule has 0 bridgehead atoms. The Hall–Kier alpha value is -0.770. The highest BCUT2D eigenvalue weighted by Gasteiger charge is 2.37. The molecule has 0 amide bonds. The van der Waals surface area contributed by atoms with Gasteiger partial charge in [-0.05, 0) is 38.5 Å². The molecule has 0 spiro atoms. The quantitative estimate of drug-likeness (QED) is 0.598. The minimum absolute atomic E-state index is 0.520. The molecule has 0 aromatic rings. The average molecular weight is 280 g/mol. The van der Waals surface area contributed by atoms with Gasteiger partial charge in [-0.2, -0.15) is 0 Å². The molecule has 1 saturated heterocycles. The second-order valence-corrected chi connectivity index (χ2v) is 6.88. The fraction of sp³-hybridized carbons (Fsp3) is 0.938. The Labute approximate surface area is 124 Å². The molecule has 1 aliphatic heterocycles. The van der Waals surface area contributed by atoms with E-state index in [4.69, 9.17) is 0 Å². The lowest BCUT2D eigenvalue weighted by molar-refractivity contribution is 0.265. The van der Waals surface area contributed by atoms with Gasteiger partial charge in [0.15, 0.2) is 5.96 Å². The molecule has 0 radical (unpaired) electrons. The van der Waals surface area contributed by atoms with E-state index < -0.39 is 0 Å². The van der Waals surface area contributed by atoms with Gasteiger partial charge in [0.05, 0.1) is 0 Å². The maximum Gasteiger partial charge on any atom is 0.191 e. The van der Waals surface area contributed by atoms with Gasteiger partial charge < -0.3 is 10.6 Å². The topological polar surface area (TPSA) is 39.7 Å². The summed E-state index contributed by atoms with van der Waals surface area (Å²) in [5.74, 6) is 2.55. The Morgan fingerprint density at radius 1 is 1.25 bits per heavy atom. The molecule has 2 fully saturated rings. The molecule has 2 N–H and O–H groups in total. The normalized spacial score (nSPS) is 34.6. The first-order valence-corrected chi connectivity index (χ1v) is 8.29. The van der Waals surface area contributed by atoms with Crippen LogP contribution in [0.1, 0.15) is 47.0 Å². The van der Waals surface area contributed by atoms with E-state index in [1.807, 2.05) is 7.05 Å². The van der Waals surface area contributed by atoms with Crippen LogP contribution in [0.15, 0.2) is 4.99 Å². The Kier molecular flexibility index (Phi) is 5.30. The highest BCUT2D eigenvalue weighted by molar-refractivity contribution is 5.80. The van der Waals surface area contributed by atoms with Crippen molar-refractivity contribution in [2.75, 3.05) is 20.1 Å². The van der Waals surface area contributed by atoms with Crippen molar-refractivity contribution in [2.24, 2.45) is 16.8 Å². The highest BCUT2D eigenvalue weighted by atomic mass is 15.3. The van der Waals surface area contributed by atoms with Crippen LogP contribution in [0.5, 0.6) is 0 Å². The third-order valence-corrected chi connectivity index (χ3v) is 4.82. The van der Waals surface area contributed by atoms with E-state index in [0.717, 1.165) is 18.4 Å². The molecule has 2 rings (SSSR count). The summed E-state index contributed by atoms with van der Waals surface area (Å²) in [6.07, 6.45) is 3.94. The molecule has 4 nitrogen and oxygen atoms in total. The number of nitrogens with one attached hydrogen (secondary N) is 2. The number of rotatable bonds is 5. The summed E-state index contributed by atoms with van der Waals surface area (Å²) in [5.41, 5.74) is 0. The van der Waals surface area contributed by atoms with E-state index in [0.29, 0.717) is 24.0 Å². The zero-order valence-electron chi connectivity index (χ0n) is 13.8. The minimum atomic E-state index is 0.520. The number of hydrogen-bond acceptors (Lipinski definition) is 2. The summed E-state index contributed by atoms with van der Waals surface area (Å²) in [6, 6.07) is 1.81. The smallest absolute Gasteiger partial charge is 0.191 e. The molecule has 1 aliphatic carbocycles. The summed E-state index contributed by atoms with van der Waals surface area (Å²) in [4.78, 5) is 6.95. The van der Waals surface area contributed by atoms with E-state index in [1.165, 1.54) is 25.8 Å². The van der Waals surface area contributed by atoms with Crippen LogP contribution in [0.2, 0.25) is 0 Å². The van der Waals surface area contributed by atoms with E-state index in [1.54, 1.807) is 0 Å². The van der Waals surface area contributed by atoms with Crippen molar-refractivity contribution < 1.29 is 0 Å². The third-order valence-electron chi connectivity index (χ3n) is 4.82. The summed E-state index contributed by atoms with van der Waals surface area (Å²) in [5, 5.41) is 7.22. The van der Waals surface area contributed by atoms with Crippen molar-refractivity contribution in [3.63, 3.8) is 0 Å². The molecule has 2 aliphatic rings. The lowest BCUT2D eigenvalue weighted by Crippen LogP contribution is -2.47. The number of likely N-dealkylation sites (tertiary alicyclic amines) is 1. The third kappa shape index (κ3) is 3.87. The van der Waals surface area contributed by atoms with Crippen LogP contribution >= 0.6 is 0 Å². The fourth-order valence-electron chi connectivity index (χ4n) is 3.25. The Morgan fingerprint density at radius 3 is 2.50 bits per heavy atom. The molecule has 1 saturated carbocycles. The maximum absolute atomic E-state index is 4.41.